The van der Waals surface area contributed by atoms with Crippen molar-refractivity contribution in [2.75, 3.05) is 17.2 Å². The van der Waals surface area contributed by atoms with Crippen molar-refractivity contribution in [3.8, 4) is 5.75 Å². The second-order valence-electron chi connectivity index (χ2n) is 6.15. The Labute approximate surface area is 161 Å². The Kier molecular flexibility index (Phi) is 4.71. The summed E-state index contributed by atoms with van der Waals surface area (Å²) < 4.78 is 7.38. The van der Waals surface area contributed by atoms with Gasteiger partial charge >= 0.3 is 0 Å². The number of amides is 1. The number of hydrogen-bond acceptors (Lipinski definition) is 7. The normalized spacial score (nSPS) is 15.6. The van der Waals surface area contributed by atoms with Crippen LogP contribution in [0.2, 0.25) is 0 Å². The minimum absolute atomic E-state index is 0.291. The molecule has 0 spiro atoms. The van der Waals surface area contributed by atoms with Crippen molar-refractivity contribution in [2.45, 2.75) is 19.9 Å². The number of nitrogens with one attached hydrogen (secondary N) is 2. The van der Waals surface area contributed by atoms with Crippen LogP contribution >= 0.6 is 0 Å². The van der Waals surface area contributed by atoms with Gasteiger partial charge in [-0.1, -0.05) is 29.4 Å². The van der Waals surface area contributed by atoms with Crippen LogP contribution < -0.4 is 15.4 Å². The molecular formula is C19H19N7O2. The van der Waals surface area contributed by atoms with Gasteiger partial charge in [0.15, 0.2) is 0 Å². The molecule has 9 nitrogen and oxygen atoms in total. The van der Waals surface area contributed by atoms with Gasteiger partial charge in [-0.25, -0.2) is 4.98 Å². The Morgan fingerprint density at radius 3 is 2.86 bits per heavy atom. The summed E-state index contributed by atoms with van der Waals surface area (Å²) in [4.78, 5) is 17.4. The summed E-state index contributed by atoms with van der Waals surface area (Å²) in [6, 6.07) is 12.4. The van der Waals surface area contributed by atoms with Crippen LogP contribution in [-0.2, 0) is 4.79 Å². The van der Waals surface area contributed by atoms with Crippen molar-refractivity contribution in [1.29, 1.82) is 0 Å². The molecule has 28 heavy (non-hydrogen) atoms. The van der Waals surface area contributed by atoms with Crippen LogP contribution in [0.25, 0.3) is 0 Å². The van der Waals surface area contributed by atoms with Crippen LogP contribution in [0.4, 0.5) is 11.8 Å². The van der Waals surface area contributed by atoms with Crippen molar-refractivity contribution in [3.05, 3.63) is 65.5 Å². The van der Waals surface area contributed by atoms with E-state index in [1.165, 1.54) is 0 Å². The molecule has 9 heteroatoms. The Bertz CT molecular complexity index is 1030. The Morgan fingerprint density at radius 2 is 2.07 bits per heavy atom. The maximum Gasteiger partial charge on any atom is 0.257 e. The van der Waals surface area contributed by atoms with Gasteiger partial charge in [0.2, 0.25) is 5.95 Å². The Balaban J connectivity index is 1.80. The number of fused-ring (bicyclic) bond motifs is 1. The molecule has 0 aliphatic carbocycles. The summed E-state index contributed by atoms with van der Waals surface area (Å²) in [5.74, 6) is 1.31. The van der Waals surface area contributed by atoms with Gasteiger partial charge in [0.25, 0.3) is 5.91 Å². The number of ether oxygens (including phenoxy) is 1. The van der Waals surface area contributed by atoms with Gasteiger partial charge in [-0.15, -0.1) is 0 Å². The molecule has 1 amide bonds. The summed E-state index contributed by atoms with van der Waals surface area (Å²) in [5, 5.41) is 17.8. The average Bonchev–Trinajstić information content (AvgIpc) is 3.16. The largest absolute Gasteiger partial charge is 0.494 e. The number of para-hydroxylation sites is 1. The molecule has 142 valence electrons. The molecule has 0 bridgehead atoms. The van der Waals surface area contributed by atoms with Gasteiger partial charge in [0.05, 0.1) is 12.2 Å². The molecule has 1 aromatic carbocycles. The number of carbonyl (C=O) groups is 1. The highest BCUT2D eigenvalue weighted by molar-refractivity contribution is 6.05. The van der Waals surface area contributed by atoms with Gasteiger partial charge in [-0.3, -0.25) is 4.79 Å². The maximum atomic E-state index is 13.2. The molecule has 1 unspecified atom stereocenters. The molecule has 1 aliphatic heterocycles. The maximum absolute atomic E-state index is 13.2. The monoisotopic (exact) mass is 377 g/mol. The number of aromatic nitrogens is 5. The predicted octanol–water partition coefficient (Wildman–Crippen LogP) is 2.39. The highest BCUT2D eigenvalue weighted by Crippen LogP contribution is 2.38. The third kappa shape index (κ3) is 3.18. The summed E-state index contributed by atoms with van der Waals surface area (Å²) in [6.07, 6.45) is 1.62. The zero-order chi connectivity index (χ0) is 19.5. The third-order valence-electron chi connectivity index (χ3n) is 4.38. The zero-order valence-corrected chi connectivity index (χ0v) is 15.5. The number of nitrogens with zero attached hydrogens (tertiary/aromatic N) is 5. The lowest BCUT2D eigenvalue weighted by molar-refractivity contribution is -0.113. The number of tetrazole rings is 1. The second kappa shape index (κ2) is 7.47. The topological polar surface area (TPSA) is 107 Å². The molecule has 2 N–H and O–H groups in total. The number of carbonyl (C=O) groups excluding carboxylic acids is 1. The van der Waals surface area contributed by atoms with E-state index in [0.717, 1.165) is 5.56 Å². The summed E-state index contributed by atoms with van der Waals surface area (Å²) in [7, 11) is 0. The van der Waals surface area contributed by atoms with Crippen LogP contribution in [-0.4, -0.2) is 37.7 Å². The van der Waals surface area contributed by atoms with Gasteiger partial charge in [-0.2, -0.15) is 4.68 Å². The molecule has 1 atom stereocenters. The number of pyridine rings is 1. The van der Waals surface area contributed by atoms with Gasteiger partial charge in [0.1, 0.15) is 17.6 Å². The van der Waals surface area contributed by atoms with E-state index in [1.807, 2.05) is 44.2 Å². The molecule has 0 saturated carbocycles. The van der Waals surface area contributed by atoms with Crippen molar-refractivity contribution in [1.82, 2.24) is 25.2 Å². The molecule has 3 aromatic rings. The Morgan fingerprint density at radius 1 is 1.25 bits per heavy atom. The van der Waals surface area contributed by atoms with E-state index in [-0.39, 0.29) is 5.91 Å². The lowest BCUT2D eigenvalue weighted by Gasteiger charge is -2.28. The molecule has 3 heterocycles. The quantitative estimate of drug-likeness (QED) is 0.703. The first kappa shape index (κ1) is 17.7. The number of hydrogen-bond donors (Lipinski definition) is 2. The van der Waals surface area contributed by atoms with Crippen molar-refractivity contribution >= 4 is 17.7 Å². The summed E-state index contributed by atoms with van der Waals surface area (Å²) >= 11 is 0. The first-order chi connectivity index (χ1) is 13.7. The second-order valence-corrected chi connectivity index (χ2v) is 6.15. The molecule has 4 rings (SSSR count). The first-order valence-corrected chi connectivity index (χ1v) is 8.88. The highest BCUT2D eigenvalue weighted by Gasteiger charge is 2.35. The van der Waals surface area contributed by atoms with Crippen molar-refractivity contribution in [2.24, 2.45) is 0 Å². The fraction of sp³-hybridized carbons (Fsp3) is 0.211. The van der Waals surface area contributed by atoms with E-state index in [2.05, 4.69) is 31.1 Å². The number of anilines is 2. The van der Waals surface area contributed by atoms with Gasteiger partial charge < -0.3 is 15.4 Å². The van der Waals surface area contributed by atoms with Crippen molar-refractivity contribution < 1.29 is 9.53 Å². The van der Waals surface area contributed by atoms with E-state index < -0.39 is 6.04 Å². The van der Waals surface area contributed by atoms with E-state index in [0.29, 0.717) is 35.4 Å². The smallest absolute Gasteiger partial charge is 0.257 e. The van der Waals surface area contributed by atoms with Crippen LogP contribution in [0.3, 0.4) is 0 Å². The zero-order valence-electron chi connectivity index (χ0n) is 15.5. The highest BCUT2D eigenvalue weighted by atomic mass is 16.5. The standard InChI is InChI=1S/C19H19N7O2/c1-3-28-14-9-5-4-8-13(14)17-16(12(2)21-19-23-24-25-26(17)19)18(27)22-15-10-6-7-11-20-15/h4-11,17H,3H2,1-2H3,(H,20,22,27)(H,21,23,25). The number of rotatable bonds is 5. The van der Waals surface area contributed by atoms with E-state index in [4.69, 9.17) is 4.74 Å². The van der Waals surface area contributed by atoms with Crippen LogP contribution in [0.5, 0.6) is 5.75 Å². The molecule has 2 aromatic heterocycles. The molecule has 1 aliphatic rings. The Hall–Kier alpha value is -3.75. The number of allylic oxidation sites excluding steroid dienone is 1. The SMILES string of the molecule is CCOc1ccccc1C1C(C(=O)Nc2ccccn2)=C(C)Nc2nnnn21. The van der Waals surface area contributed by atoms with Gasteiger partial charge in [-0.05, 0) is 42.5 Å². The number of benzene rings is 1. The molecule has 0 saturated heterocycles. The predicted molar refractivity (Wildman–Crippen MR) is 103 cm³/mol. The fourth-order valence-corrected chi connectivity index (χ4v) is 3.21. The fourth-order valence-electron chi connectivity index (χ4n) is 3.21. The van der Waals surface area contributed by atoms with Crippen LogP contribution in [0.15, 0.2) is 59.9 Å². The lowest BCUT2D eigenvalue weighted by atomic mass is 9.94. The molecule has 0 fully saturated rings. The van der Waals surface area contributed by atoms with E-state index >= 15 is 0 Å². The summed E-state index contributed by atoms with van der Waals surface area (Å²) in [6.45, 7) is 4.24. The minimum atomic E-state index is -0.544. The minimum Gasteiger partial charge on any atom is -0.494 e. The van der Waals surface area contributed by atoms with E-state index in [1.54, 1.807) is 23.0 Å². The lowest BCUT2D eigenvalue weighted by Crippen LogP contribution is -2.32. The van der Waals surface area contributed by atoms with E-state index in [9.17, 15) is 4.79 Å². The van der Waals surface area contributed by atoms with Crippen LogP contribution in [0, 0.1) is 0 Å². The van der Waals surface area contributed by atoms with Crippen molar-refractivity contribution in [3.63, 3.8) is 0 Å². The molecule has 0 radical (unpaired) electrons. The molecular weight excluding hydrogens is 358 g/mol. The van der Waals surface area contributed by atoms with Crippen LogP contribution in [0.1, 0.15) is 25.5 Å². The van der Waals surface area contributed by atoms with Gasteiger partial charge in [0, 0.05) is 17.5 Å². The third-order valence-corrected chi connectivity index (χ3v) is 4.38. The average molecular weight is 377 g/mol. The summed E-state index contributed by atoms with van der Waals surface area (Å²) in [5.41, 5.74) is 1.94. The first-order valence-electron chi connectivity index (χ1n) is 8.88.